The Balaban J connectivity index is 1.15. The van der Waals surface area contributed by atoms with Crippen LogP contribution in [0, 0.1) is 0 Å². The van der Waals surface area contributed by atoms with Crippen LogP contribution >= 0.6 is 11.3 Å². The zero-order valence-corrected chi connectivity index (χ0v) is 38.0. The topological polar surface area (TPSA) is 35.4 Å². The van der Waals surface area contributed by atoms with Crippen molar-refractivity contribution in [2.24, 2.45) is 4.99 Å². The van der Waals surface area contributed by atoms with Crippen LogP contribution in [-0.2, 0) is 0 Å². The van der Waals surface area contributed by atoms with E-state index in [4.69, 9.17) is 4.42 Å². The molecule has 6 heteroatoms. The lowest BCUT2D eigenvalue weighted by Crippen LogP contribution is -2.74. The van der Waals surface area contributed by atoms with Crippen molar-refractivity contribution in [1.29, 1.82) is 0 Å². The third-order valence-electron chi connectivity index (χ3n) is 13.7. The number of aliphatic imine (C=N–C) groups is 1. The smallest absolute Gasteiger partial charge is 0.185 e. The van der Waals surface area contributed by atoms with Gasteiger partial charge >= 0.3 is 0 Å². The van der Waals surface area contributed by atoms with Gasteiger partial charge in [0.25, 0.3) is 0 Å². The van der Waals surface area contributed by atoms with E-state index < -0.39 is 8.07 Å². The number of thiophene rings is 1. The summed E-state index contributed by atoms with van der Waals surface area (Å²) in [4.78, 5) is 4.66. The first-order valence-corrected chi connectivity index (χ1v) is 25.2. The van der Waals surface area contributed by atoms with Crippen LogP contribution in [-0.4, -0.2) is 23.9 Å². The first-order valence-electron chi connectivity index (χ1n) is 22.4. The van der Waals surface area contributed by atoms with Crippen LogP contribution in [0.5, 0.6) is 0 Å². The maximum Gasteiger partial charge on any atom is 0.185 e. The van der Waals surface area contributed by atoms with Crippen LogP contribution in [0.15, 0.2) is 222 Å². The average Bonchev–Trinajstić information content (AvgIpc) is 4.14. The van der Waals surface area contributed by atoms with Gasteiger partial charge in [0.05, 0.1) is 32.6 Å². The minimum Gasteiger partial charge on any atom is -0.454 e. The van der Waals surface area contributed by atoms with Crippen LogP contribution < -0.4 is 20.7 Å². The van der Waals surface area contributed by atoms with Gasteiger partial charge in [0.2, 0.25) is 0 Å². The SMILES string of the molecule is C=Nc1c(/C=C\C)c2ccccc2n1-c1cccc2c1oc1c([Si](c3ccccc3)(c3ccccc3)c3cccc4c3sc3c(-n5c6ccccc6c6ccccc65)cccc34)cccc12. The zero-order valence-electron chi connectivity index (χ0n) is 36.1. The lowest BCUT2D eigenvalue weighted by molar-refractivity contribution is 0.668. The first-order chi connectivity index (χ1) is 32.7. The summed E-state index contributed by atoms with van der Waals surface area (Å²) >= 11 is 1.92. The van der Waals surface area contributed by atoms with E-state index in [9.17, 15) is 0 Å². The summed E-state index contributed by atoms with van der Waals surface area (Å²) in [6.07, 6.45) is 4.19. The number of benzene rings is 9. The quantitative estimate of drug-likeness (QED) is 0.0851. The van der Waals surface area contributed by atoms with Crippen LogP contribution in [0.3, 0.4) is 0 Å². The molecule has 312 valence electrons. The molecule has 0 radical (unpaired) electrons. The summed E-state index contributed by atoms with van der Waals surface area (Å²) in [7, 11) is -3.22. The molecule has 0 amide bonds. The van der Waals surface area contributed by atoms with Crippen molar-refractivity contribution in [3.8, 4) is 11.4 Å². The van der Waals surface area contributed by atoms with Crippen molar-refractivity contribution < 1.29 is 4.42 Å². The number of rotatable bonds is 8. The minimum absolute atomic E-state index is 0.788. The fraction of sp³-hybridized carbons (Fsp3) is 0.0167. The molecule has 0 bridgehead atoms. The molecule has 0 N–H and O–H groups in total. The molecule has 0 saturated carbocycles. The van der Waals surface area contributed by atoms with Crippen LogP contribution in [0.1, 0.15) is 12.5 Å². The largest absolute Gasteiger partial charge is 0.454 e. The van der Waals surface area contributed by atoms with Crippen molar-refractivity contribution in [1.82, 2.24) is 9.13 Å². The molecule has 13 rings (SSSR count). The maximum absolute atomic E-state index is 7.51. The summed E-state index contributed by atoms with van der Waals surface area (Å²) in [6.45, 7) is 6.12. The second-order valence-corrected chi connectivity index (χ2v) is 21.7. The Labute approximate surface area is 386 Å². The molecule has 0 spiro atoms. The van der Waals surface area contributed by atoms with E-state index in [1.165, 1.54) is 68.4 Å². The molecule has 66 heavy (non-hydrogen) atoms. The molecule has 0 aliphatic rings. The van der Waals surface area contributed by atoms with Gasteiger partial charge < -0.3 is 8.98 Å². The highest BCUT2D eigenvalue weighted by molar-refractivity contribution is 7.31. The van der Waals surface area contributed by atoms with Gasteiger partial charge in [0, 0.05) is 48.0 Å². The van der Waals surface area contributed by atoms with Crippen molar-refractivity contribution >= 4 is 134 Å². The van der Waals surface area contributed by atoms with Gasteiger partial charge in [-0.1, -0.05) is 188 Å². The molecule has 0 aliphatic carbocycles. The molecule has 0 unspecified atom stereocenters. The molecule has 4 nitrogen and oxygen atoms in total. The van der Waals surface area contributed by atoms with E-state index in [1.807, 2.05) is 18.3 Å². The number of furan rings is 1. The van der Waals surface area contributed by atoms with E-state index in [-0.39, 0.29) is 0 Å². The number of hydrogen-bond donors (Lipinski definition) is 0. The molecule has 0 aliphatic heterocycles. The van der Waals surface area contributed by atoms with Gasteiger partial charge in [-0.25, -0.2) is 4.99 Å². The second-order valence-electron chi connectivity index (χ2n) is 17.0. The van der Waals surface area contributed by atoms with Crippen molar-refractivity contribution in [3.05, 3.63) is 218 Å². The molecule has 0 fully saturated rings. The third-order valence-corrected chi connectivity index (χ3v) is 19.9. The molecule has 0 saturated heterocycles. The van der Waals surface area contributed by atoms with Gasteiger partial charge in [-0.2, -0.15) is 0 Å². The fourth-order valence-corrected chi connectivity index (χ4v) is 17.8. The Morgan fingerprint density at radius 1 is 0.455 bits per heavy atom. The van der Waals surface area contributed by atoms with Gasteiger partial charge in [-0.15, -0.1) is 11.3 Å². The minimum atomic E-state index is -3.22. The fourth-order valence-electron chi connectivity index (χ4n) is 11.0. The maximum atomic E-state index is 7.51. The molecular weight excluding hydrogens is 839 g/mol. The standard InChI is InChI=1S/C60H41N3OSSi/c1-3-20-48-43-27-12-15-34-51(43)63(60(48)61-2)52-35-16-28-44-45-29-18-37-54(57(45)64-56(44)52)66(39-21-6-4-7-22-39,40-23-8-5-9-24-40)55-38-19-31-47-46-30-17-36-53(58(46)65-59(47)55)62-49-32-13-10-25-41(49)42-26-11-14-33-50(42)62/h3-38H,2H2,1H3/b20-3-. The zero-order chi connectivity index (χ0) is 43.9. The molecular formula is C60H41N3OSSi. The van der Waals surface area contributed by atoms with Crippen LogP contribution in [0.25, 0.3) is 92.3 Å². The molecule has 9 aromatic carbocycles. The Morgan fingerprint density at radius 3 is 1.56 bits per heavy atom. The Morgan fingerprint density at radius 2 is 0.939 bits per heavy atom. The number of hydrogen-bond acceptors (Lipinski definition) is 3. The van der Waals surface area contributed by atoms with E-state index in [2.05, 4.69) is 239 Å². The second kappa shape index (κ2) is 15.0. The normalized spacial score (nSPS) is 12.3. The highest BCUT2D eigenvalue weighted by Crippen LogP contribution is 2.43. The van der Waals surface area contributed by atoms with Crippen LogP contribution in [0.4, 0.5) is 5.82 Å². The predicted octanol–water partition coefficient (Wildman–Crippen LogP) is 13.7. The van der Waals surface area contributed by atoms with Gasteiger partial charge in [-0.3, -0.25) is 4.57 Å². The Hall–Kier alpha value is -8.03. The highest BCUT2D eigenvalue weighted by atomic mass is 32.1. The number of aromatic nitrogens is 2. The number of fused-ring (bicyclic) bond motifs is 10. The Bertz CT molecular complexity index is 4000. The molecule has 4 aromatic heterocycles. The van der Waals surface area contributed by atoms with Gasteiger partial charge in [-0.05, 0) is 64.7 Å². The van der Waals surface area contributed by atoms with Crippen molar-refractivity contribution in [2.75, 3.05) is 0 Å². The molecule has 4 heterocycles. The van der Waals surface area contributed by atoms with Crippen molar-refractivity contribution in [3.63, 3.8) is 0 Å². The number of nitrogens with zero attached hydrogens (tertiary/aromatic N) is 3. The lowest BCUT2D eigenvalue weighted by Gasteiger charge is -2.34. The van der Waals surface area contributed by atoms with Crippen LogP contribution in [0.2, 0.25) is 0 Å². The highest BCUT2D eigenvalue weighted by Gasteiger charge is 2.45. The summed E-state index contributed by atoms with van der Waals surface area (Å²) in [6, 6.07) is 75.7. The van der Waals surface area contributed by atoms with E-state index >= 15 is 0 Å². The van der Waals surface area contributed by atoms with E-state index in [1.54, 1.807) is 0 Å². The predicted molar refractivity (Wildman–Crippen MR) is 285 cm³/mol. The Kier molecular flexibility index (Phi) is 8.75. The summed E-state index contributed by atoms with van der Waals surface area (Å²) in [5.74, 6) is 0.788. The average molecular weight is 880 g/mol. The monoisotopic (exact) mass is 879 g/mol. The van der Waals surface area contributed by atoms with E-state index in [0.29, 0.717) is 0 Å². The molecule has 13 aromatic rings. The summed E-state index contributed by atoms with van der Waals surface area (Å²) in [5, 5.41) is 13.4. The first kappa shape index (κ1) is 38.4. The lowest BCUT2D eigenvalue weighted by atomic mass is 10.1. The third kappa shape index (κ3) is 5.34. The van der Waals surface area contributed by atoms with Crippen molar-refractivity contribution in [2.45, 2.75) is 6.92 Å². The summed E-state index contributed by atoms with van der Waals surface area (Å²) in [5.41, 5.74) is 8.35. The van der Waals surface area contributed by atoms with Gasteiger partial charge in [0.1, 0.15) is 11.4 Å². The number of allylic oxidation sites excluding steroid dienone is 1. The van der Waals surface area contributed by atoms with Gasteiger partial charge in [0.15, 0.2) is 13.7 Å². The number of para-hydroxylation sites is 5. The molecule has 0 atom stereocenters. The summed E-state index contributed by atoms with van der Waals surface area (Å²) < 4.78 is 14.8. The van der Waals surface area contributed by atoms with E-state index in [0.717, 1.165) is 49.9 Å².